The van der Waals surface area contributed by atoms with Crippen molar-refractivity contribution in [2.24, 2.45) is 0 Å². The molecule has 35 heavy (non-hydrogen) atoms. The predicted molar refractivity (Wildman–Crippen MR) is 125 cm³/mol. The lowest BCUT2D eigenvalue weighted by Crippen LogP contribution is -2.26. The van der Waals surface area contributed by atoms with Crippen molar-refractivity contribution in [2.45, 2.75) is 18.9 Å². The number of carboxylic acid groups (broad SMARTS) is 1. The molecule has 4 aromatic rings. The van der Waals surface area contributed by atoms with E-state index in [2.05, 4.69) is 16.0 Å². The van der Waals surface area contributed by atoms with E-state index in [9.17, 15) is 15.2 Å². The molecule has 9 nitrogen and oxygen atoms in total. The molecule has 1 fully saturated rings. The second-order valence-electron chi connectivity index (χ2n) is 8.02. The Morgan fingerprint density at radius 2 is 1.97 bits per heavy atom. The van der Waals surface area contributed by atoms with Crippen LogP contribution in [0.25, 0.3) is 33.7 Å². The van der Waals surface area contributed by atoms with Gasteiger partial charge in [-0.25, -0.2) is 9.78 Å². The summed E-state index contributed by atoms with van der Waals surface area (Å²) in [5.41, 5.74) is 3.41. The van der Waals surface area contributed by atoms with Crippen LogP contribution in [0.3, 0.4) is 0 Å². The van der Waals surface area contributed by atoms with Gasteiger partial charge in [-0.2, -0.15) is 5.26 Å². The van der Waals surface area contributed by atoms with Crippen LogP contribution >= 0.6 is 0 Å². The van der Waals surface area contributed by atoms with Gasteiger partial charge in [-0.1, -0.05) is 6.07 Å². The summed E-state index contributed by atoms with van der Waals surface area (Å²) in [6.45, 7) is 1.30. The van der Waals surface area contributed by atoms with Crippen LogP contribution in [0.15, 0.2) is 53.2 Å². The number of hydrogen-bond acceptors (Lipinski definition) is 8. The summed E-state index contributed by atoms with van der Waals surface area (Å²) in [5.74, 6) is 0.0927. The van der Waals surface area contributed by atoms with Gasteiger partial charge in [0.1, 0.15) is 34.9 Å². The van der Waals surface area contributed by atoms with Crippen LogP contribution in [0.4, 0.5) is 0 Å². The van der Waals surface area contributed by atoms with Gasteiger partial charge in [0.2, 0.25) is 0 Å². The number of nitrogens with zero attached hydrogens (tertiary/aromatic N) is 3. The normalized spacial score (nSPS) is 13.9. The molecule has 5 rings (SSSR count). The lowest BCUT2D eigenvalue weighted by molar-refractivity contribution is 0.0254. The number of benzene rings is 1. The Morgan fingerprint density at radius 3 is 2.71 bits per heavy atom. The first-order valence-electron chi connectivity index (χ1n) is 11.0. The van der Waals surface area contributed by atoms with Crippen molar-refractivity contribution in [1.82, 2.24) is 9.97 Å². The smallest absolute Gasteiger partial charge is 0.337 e. The zero-order valence-corrected chi connectivity index (χ0v) is 18.9. The molecule has 0 bridgehead atoms. The van der Waals surface area contributed by atoms with Crippen LogP contribution in [0.1, 0.15) is 28.8 Å². The third kappa shape index (κ3) is 4.39. The quantitative estimate of drug-likeness (QED) is 0.426. The molecule has 0 atom stereocenters. The summed E-state index contributed by atoms with van der Waals surface area (Å²) in [4.78, 5) is 19.9. The topological polar surface area (TPSA) is 128 Å². The van der Waals surface area contributed by atoms with Gasteiger partial charge in [0, 0.05) is 36.9 Å². The van der Waals surface area contributed by atoms with Gasteiger partial charge in [0.25, 0.3) is 0 Å². The summed E-state index contributed by atoms with van der Waals surface area (Å²) in [7, 11) is 1.44. The predicted octanol–water partition coefficient (Wildman–Crippen LogP) is 4.69. The van der Waals surface area contributed by atoms with Crippen LogP contribution in [-0.4, -0.2) is 47.5 Å². The molecule has 0 amide bonds. The van der Waals surface area contributed by atoms with Crippen LogP contribution in [0, 0.1) is 11.3 Å². The second kappa shape index (κ2) is 9.44. The van der Waals surface area contributed by atoms with Crippen molar-refractivity contribution in [2.75, 3.05) is 20.3 Å². The average molecular weight is 471 g/mol. The first kappa shape index (κ1) is 22.4. The van der Waals surface area contributed by atoms with Crippen LogP contribution in [0.5, 0.6) is 11.5 Å². The van der Waals surface area contributed by atoms with Gasteiger partial charge in [-0.15, -0.1) is 0 Å². The molecule has 1 saturated heterocycles. The number of carboxylic acids is 1. The number of pyridine rings is 2. The van der Waals surface area contributed by atoms with E-state index < -0.39 is 5.97 Å². The maximum atomic E-state index is 11.3. The molecule has 0 saturated carbocycles. The van der Waals surface area contributed by atoms with E-state index >= 15 is 0 Å². The van der Waals surface area contributed by atoms with E-state index in [0.717, 1.165) is 24.0 Å². The lowest BCUT2D eigenvalue weighted by atomic mass is 10.0. The fourth-order valence-corrected chi connectivity index (χ4v) is 4.05. The summed E-state index contributed by atoms with van der Waals surface area (Å²) < 4.78 is 22.9. The number of furan rings is 1. The van der Waals surface area contributed by atoms with Crippen molar-refractivity contribution in [3.05, 3.63) is 59.9 Å². The first-order chi connectivity index (χ1) is 17.1. The van der Waals surface area contributed by atoms with Crippen molar-refractivity contribution in [1.29, 1.82) is 5.26 Å². The van der Waals surface area contributed by atoms with Crippen molar-refractivity contribution in [3.63, 3.8) is 0 Å². The maximum absolute atomic E-state index is 11.3. The highest BCUT2D eigenvalue weighted by atomic mass is 16.5. The second-order valence-corrected chi connectivity index (χ2v) is 8.02. The number of carbonyl (C=O) groups is 1. The molecule has 4 heterocycles. The standard InChI is InChI=1S/C26H21N3O6/c1-32-22-11-17(26(30)31)14-29-24(22)23-12-20-25(35-23)19(4-7-28-20)15-2-3-21(16(10-15)13-27)34-18-5-8-33-9-6-18/h2-4,7,10-12,14,18H,5-6,8-9H2,1H3,(H,30,31). The van der Waals surface area contributed by atoms with E-state index in [4.69, 9.17) is 18.6 Å². The van der Waals surface area contributed by atoms with Crippen LogP contribution < -0.4 is 9.47 Å². The third-order valence-corrected chi connectivity index (χ3v) is 5.84. The molecule has 1 aliphatic rings. The molecule has 0 radical (unpaired) electrons. The molecule has 3 aromatic heterocycles. The average Bonchev–Trinajstić information content (AvgIpc) is 3.33. The molecule has 0 spiro atoms. The van der Waals surface area contributed by atoms with E-state index in [1.807, 2.05) is 12.1 Å². The largest absolute Gasteiger partial charge is 0.494 e. The number of hydrogen-bond donors (Lipinski definition) is 1. The molecule has 176 valence electrons. The fourth-order valence-electron chi connectivity index (χ4n) is 4.05. The monoisotopic (exact) mass is 471 g/mol. The van der Waals surface area contributed by atoms with Crippen molar-refractivity contribution < 1.29 is 28.5 Å². The highest BCUT2D eigenvalue weighted by molar-refractivity contribution is 5.93. The molecule has 1 aliphatic heterocycles. The summed E-state index contributed by atoms with van der Waals surface area (Å²) in [5, 5.41) is 19.0. The number of methoxy groups -OCH3 is 1. The molecular formula is C26H21N3O6. The molecular weight excluding hydrogens is 450 g/mol. The van der Waals surface area contributed by atoms with E-state index in [1.54, 1.807) is 24.4 Å². The number of ether oxygens (including phenoxy) is 3. The highest BCUT2D eigenvalue weighted by Crippen LogP contribution is 2.37. The minimum atomic E-state index is -1.10. The molecule has 0 unspecified atom stereocenters. The van der Waals surface area contributed by atoms with Gasteiger partial charge in [0.05, 0.1) is 31.5 Å². The summed E-state index contributed by atoms with van der Waals surface area (Å²) in [6, 6.07) is 12.6. The number of aromatic nitrogens is 2. The SMILES string of the molecule is COc1cc(C(=O)O)cnc1-c1cc2nccc(-c3ccc(OC4CCOCC4)c(C#N)c3)c2o1. The van der Waals surface area contributed by atoms with Crippen LogP contribution in [-0.2, 0) is 4.74 Å². The number of fused-ring (bicyclic) bond motifs is 1. The Kier molecular flexibility index (Phi) is 6.04. The number of nitriles is 1. The maximum Gasteiger partial charge on any atom is 0.337 e. The fraction of sp³-hybridized carbons (Fsp3) is 0.231. The van der Waals surface area contributed by atoms with Gasteiger partial charge in [-0.3, -0.25) is 4.98 Å². The molecule has 9 heteroatoms. The summed E-state index contributed by atoms with van der Waals surface area (Å²) >= 11 is 0. The highest BCUT2D eigenvalue weighted by Gasteiger charge is 2.20. The number of aromatic carboxylic acids is 1. The van der Waals surface area contributed by atoms with Gasteiger partial charge >= 0.3 is 5.97 Å². The molecule has 1 N–H and O–H groups in total. The lowest BCUT2D eigenvalue weighted by Gasteiger charge is -2.23. The van der Waals surface area contributed by atoms with Gasteiger partial charge < -0.3 is 23.7 Å². The van der Waals surface area contributed by atoms with E-state index in [0.29, 0.717) is 47.1 Å². The van der Waals surface area contributed by atoms with E-state index in [-0.39, 0.29) is 17.4 Å². The van der Waals surface area contributed by atoms with Crippen molar-refractivity contribution in [3.8, 4) is 40.1 Å². The zero-order valence-electron chi connectivity index (χ0n) is 18.9. The summed E-state index contributed by atoms with van der Waals surface area (Å²) in [6.07, 6.45) is 4.51. The van der Waals surface area contributed by atoms with Gasteiger partial charge in [0.15, 0.2) is 11.3 Å². The minimum Gasteiger partial charge on any atom is -0.494 e. The Hall–Kier alpha value is -4.42. The zero-order chi connectivity index (χ0) is 24.4. The third-order valence-electron chi connectivity index (χ3n) is 5.84. The Morgan fingerprint density at radius 1 is 1.14 bits per heavy atom. The van der Waals surface area contributed by atoms with E-state index in [1.165, 1.54) is 19.4 Å². The number of rotatable bonds is 6. The minimum absolute atomic E-state index is 0.00705. The Labute approximate surface area is 200 Å². The first-order valence-corrected chi connectivity index (χ1v) is 11.0. The van der Waals surface area contributed by atoms with Crippen molar-refractivity contribution >= 4 is 17.1 Å². The molecule has 0 aliphatic carbocycles. The molecule has 1 aromatic carbocycles. The van der Waals surface area contributed by atoms with Crippen LogP contribution in [0.2, 0.25) is 0 Å². The Bertz CT molecular complexity index is 1450. The Balaban J connectivity index is 1.53. The van der Waals surface area contributed by atoms with Gasteiger partial charge in [-0.05, 0) is 29.8 Å².